The maximum atomic E-state index is 3.53. The molecule has 1 aromatic heterocycles. The molecule has 1 saturated heterocycles. The van der Waals surface area contributed by atoms with Gasteiger partial charge in [-0.1, -0.05) is 0 Å². The summed E-state index contributed by atoms with van der Waals surface area (Å²) in [4.78, 5) is 3.35. The minimum Gasteiger partial charge on any atom is -0.362 e. The molecule has 72 valence electrons. The standard InChI is InChI=1S/C11H18N2/c1-8-6-10(9(2)13-8)7-11-4-3-5-12-11/h6,11-13H,3-5,7H2,1-2H3. The zero-order chi connectivity index (χ0) is 9.26. The molecule has 0 saturated carbocycles. The van der Waals surface area contributed by atoms with Gasteiger partial charge in [-0.15, -0.1) is 0 Å². The smallest absolute Gasteiger partial charge is 0.0150 e. The Morgan fingerprint density at radius 1 is 1.46 bits per heavy atom. The van der Waals surface area contributed by atoms with Crippen molar-refractivity contribution in [2.24, 2.45) is 0 Å². The Morgan fingerprint density at radius 3 is 2.85 bits per heavy atom. The summed E-state index contributed by atoms with van der Waals surface area (Å²) >= 11 is 0. The topological polar surface area (TPSA) is 27.8 Å². The molecule has 0 amide bonds. The third-order valence-corrected chi connectivity index (χ3v) is 2.89. The third-order valence-electron chi connectivity index (χ3n) is 2.89. The molecule has 2 heteroatoms. The zero-order valence-corrected chi connectivity index (χ0v) is 8.48. The van der Waals surface area contributed by atoms with E-state index < -0.39 is 0 Å². The molecule has 1 atom stereocenters. The van der Waals surface area contributed by atoms with Crippen LogP contribution < -0.4 is 5.32 Å². The highest BCUT2D eigenvalue weighted by atomic mass is 14.9. The third kappa shape index (κ3) is 1.94. The zero-order valence-electron chi connectivity index (χ0n) is 8.48. The highest BCUT2D eigenvalue weighted by molar-refractivity contribution is 5.25. The minimum atomic E-state index is 0.717. The summed E-state index contributed by atoms with van der Waals surface area (Å²) in [5.41, 5.74) is 4.11. The number of rotatable bonds is 2. The van der Waals surface area contributed by atoms with Crippen LogP contribution in [0.3, 0.4) is 0 Å². The number of nitrogens with one attached hydrogen (secondary N) is 2. The molecule has 2 heterocycles. The summed E-state index contributed by atoms with van der Waals surface area (Å²) in [6.45, 7) is 5.49. The predicted molar refractivity (Wildman–Crippen MR) is 55.0 cm³/mol. The molecule has 1 unspecified atom stereocenters. The minimum absolute atomic E-state index is 0.717. The molecule has 2 nitrogen and oxygen atoms in total. The summed E-state index contributed by atoms with van der Waals surface area (Å²) in [5.74, 6) is 0. The van der Waals surface area contributed by atoms with E-state index in [9.17, 15) is 0 Å². The number of aryl methyl sites for hydroxylation is 2. The molecule has 13 heavy (non-hydrogen) atoms. The van der Waals surface area contributed by atoms with Gasteiger partial charge in [-0.3, -0.25) is 0 Å². The van der Waals surface area contributed by atoms with Gasteiger partial charge in [-0.2, -0.15) is 0 Å². The number of aromatic amines is 1. The van der Waals surface area contributed by atoms with Crippen molar-refractivity contribution in [3.05, 3.63) is 23.0 Å². The Bertz CT molecular complexity index is 282. The van der Waals surface area contributed by atoms with Crippen LogP contribution in [0, 0.1) is 13.8 Å². The van der Waals surface area contributed by atoms with Crippen LogP contribution in [0.5, 0.6) is 0 Å². The maximum Gasteiger partial charge on any atom is 0.0150 e. The van der Waals surface area contributed by atoms with Crippen molar-refractivity contribution in [2.75, 3.05) is 6.54 Å². The highest BCUT2D eigenvalue weighted by Gasteiger charge is 2.15. The van der Waals surface area contributed by atoms with Gasteiger partial charge in [0.2, 0.25) is 0 Å². The highest BCUT2D eigenvalue weighted by Crippen LogP contribution is 2.16. The van der Waals surface area contributed by atoms with Crippen LogP contribution in [-0.4, -0.2) is 17.6 Å². The number of aromatic nitrogens is 1. The van der Waals surface area contributed by atoms with Crippen molar-refractivity contribution in [1.82, 2.24) is 10.3 Å². The van der Waals surface area contributed by atoms with Crippen LogP contribution in [-0.2, 0) is 6.42 Å². The lowest BCUT2D eigenvalue weighted by Crippen LogP contribution is -2.23. The molecule has 0 aromatic carbocycles. The van der Waals surface area contributed by atoms with Gasteiger partial charge in [0, 0.05) is 17.4 Å². The summed E-state index contributed by atoms with van der Waals surface area (Å²) in [5, 5.41) is 3.53. The molecular formula is C11H18N2. The van der Waals surface area contributed by atoms with Gasteiger partial charge in [0.25, 0.3) is 0 Å². The Labute approximate surface area is 79.7 Å². The largest absolute Gasteiger partial charge is 0.362 e. The second-order valence-corrected chi connectivity index (χ2v) is 4.10. The lowest BCUT2D eigenvalue weighted by atomic mass is 10.1. The first-order chi connectivity index (χ1) is 6.25. The molecule has 2 rings (SSSR count). The maximum absolute atomic E-state index is 3.53. The number of hydrogen-bond acceptors (Lipinski definition) is 1. The lowest BCUT2D eigenvalue weighted by Gasteiger charge is -2.08. The van der Waals surface area contributed by atoms with E-state index in [1.54, 1.807) is 0 Å². The van der Waals surface area contributed by atoms with E-state index in [4.69, 9.17) is 0 Å². The fourth-order valence-electron chi connectivity index (χ4n) is 2.19. The SMILES string of the molecule is Cc1cc(CC2CCCN2)c(C)[nH]1. The van der Waals surface area contributed by atoms with E-state index in [1.165, 1.54) is 42.8 Å². The Hall–Kier alpha value is -0.760. The van der Waals surface area contributed by atoms with E-state index in [0.29, 0.717) is 6.04 Å². The van der Waals surface area contributed by atoms with E-state index in [1.807, 2.05) is 0 Å². The van der Waals surface area contributed by atoms with Crippen molar-refractivity contribution >= 4 is 0 Å². The summed E-state index contributed by atoms with van der Waals surface area (Å²) in [6, 6.07) is 2.99. The quantitative estimate of drug-likeness (QED) is 0.711. The van der Waals surface area contributed by atoms with Crippen LogP contribution in [0.4, 0.5) is 0 Å². The Kier molecular flexibility index (Phi) is 2.40. The van der Waals surface area contributed by atoms with Gasteiger partial charge in [0.15, 0.2) is 0 Å². The molecule has 0 radical (unpaired) electrons. The molecule has 1 fully saturated rings. The van der Waals surface area contributed by atoms with Gasteiger partial charge in [-0.05, 0) is 51.3 Å². The summed E-state index contributed by atoms with van der Waals surface area (Å²) < 4.78 is 0. The predicted octanol–water partition coefficient (Wildman–Crippen LogP) is 1.93. The van der Waals surface area contributed by atoms with E-state index in [2.05, 4.69) is 30.2 Å². The lowest BCUT2D eigenvalue weighted by molar-refractivity contribution is 0.602. The van der Waals surface area contributed by atoms with Crippen LogP contribution in [0.25, 0.3) is 0 Å². The first-order valence-corrected chi connectivity index (χ1v) is 5.14. The van der Waals surface area contributed by atoms with Crippen LogP contribution in [0.2, 0.25) is 0 Å². The second kappa shape index (κ2) is 3.54. The van der Waals surface area contributed by atoms with Crippen molar-refractivity contribution in [2.45, 2.75) is 39.2 Å². The summed E-state index contributed by atoms with van der Waals surface area (Å²) in [7, 11) is 0. The van der Waals surface area contributed by atoms with Gasteiger partial charge in [0.1, 0.15) is 0 Å². The van der Waals surface area contributed by atoms with Gasteiger partial charge in [0.05, 0.1) is 0 Å². The van der Waals surface area contributed by atoms with Crippen molar-refractivity contribution in [1.29, 1.82) is 0 Å². The van der Waals surface area contributed by atoms with E-state index in [-0.39, 0.29) is 0 Å². The fourth-order valence-corrected chi connectivity index (χ4v) is 2.19. The van der Waals surface area contributed by atoms with Gasteiger partial charge in [-0.25, -0.2) is 0 Å². The van der Waals surface area contributed by atoms with E-state index >= 15 is 0 Å². The van der Waals surface area contributed by atoms with Crippen molar-refractivity contribution in [3.63, 3.8) is 0 Å². The van der Waals surface area contributed by atoms with Crippen LogP contribution in [0.1, 0.15) is 29.8 Å². The number of hydrogen-bond donors (Lipinski definition) is 2. The molecular weight excluding hydrogens is 160 g/mol. The average Bonchev–Trinajstić information content (AvgIpc) is 2.63. The van der Waals surface area contributed by atoms with Crippen LogP contribution in [0.15, 0.2) is 6.07 Å². The average molecular weight is 178 g/mol. The van der Waals surface area contributed by atoms with Crippen LogP contribution >= 0.6 is 0 Å². The van der Waals surface area contributed by atoms with Crippen molar-refractivity contribution in [3.8, 4) is 0 Å². The van der Waals surface area contributed by atoms with Crippen molar-refractivity contribution < 1.29 is 0 Å². The molecule has 0 bridgehead atoms. The first-order valence-electron chi connectivity index (χ1n) is 5.14. The van der Waals surface area contributed by atoms with Gasteiger partial charge >= 0.3 is 0 Å². The normalized spacial score (nSPS) is 22.5. The molecule has 0 aliphatic carbocycles. The monoisotopic (exact) mass is 178 g/mol. The molecule has 0 spiro atoms. The van der Waals surface area contributed by atoms with E-state index in [0.717, 1.165) is 0 Å². The molecule has 2 N–H and O–H groups in total. The molecule has 1 aliphatic rings. The molecule has 1 aliphatic heterocycles. The summed E-state index contributed by atoms with van der Waals surface area (Å²) in [6.07, 6.45) is 3.87. The molecule has 1 aromatic rings. The first kappa shape index (κ1) is 8.82. The Balaban J connectivity index is 2.03. The second-order valence-electron chi connectivity index (χ2n) is 4.10. The fraction of sp³-hybridized carbons (Fsp3) is 0.636. The Morgan fingerprint density at radius 2 is 2.31 bits per heavy atom. The number of H-pyrrole nitrogens is 1. The van der Waals surface area contributed by atoms with Gasteiger partial charge < -0.3 is 10.3 Å².